The van der Waals surface area contributed by atoms with Gasteiger partial charge in [-0.15, -0.1) is 15.3 Å². The summed E-state index contributed by atoms with van der Waals surface area (Å²) in [6, 6.07) is 3.68. The van der Waals surface area contributed by atoms with Gasteiger partial charge in [0.25, 0.3) is 0 Å². The quantitative estimate of drug-likeness (QED) is 0.788. The summed E-state index contributed by atoms with van der Waals surface area (Å²) in [4.78, 5) is 0. The number of nitriles is 1. The number of hydrogen-bond acceptors (Lipinski definition) is 7. The summed E-state index contributed by atoms with van der Waals surface area (Å²) in [5.41, 5.74) is 0.503. The van der Waals surface area contributed by atoms with Crippen molar-refractivity contribution in [2.24, 2.45) is 0 Å². The number of hydrogen-bond donors (Lipinski definition) is 0. The Hall–Kier alpha value is -1.52. The van der Waals surface area contributed by atoms with Crippen LogP contribution in [-0.2, 0) is 0 Å². The van der Waals surface area contributed by atoms with Crippen LogP contribution >= 0.6 is 23.1 Å². The van der Waals surface area contributed by atoms with Crippen LogP contribution in [0.3, 0.4) is 0 Å². The molecule has 0 amide bonds. The first-order valence-electron chi connectivity index (χ1n) is 3.99. The summed E-state index contributed by atoms with van der Waals surface area (Å²) in [6.07, 6.45) is 1.49. The SMILES string of the molecule is Cc1nnc(Sc2nnccc2C#N)s1. The molecule has 0 aromatic carbocycles. The van der Waals surface area contributed by atoms with E-state index >= 15 is 0 Å². The molecule has 0 spiro atoms. The van der Waals surface area contributed by atoms with E-state index in [2.05, 4.69) is 26.5 Å². The Labute approximate surface area is 94.2 Å². The van der Waals surface area contributed by atoms with Crippen molar-refractivity contribution in [3.05, 3.63) is 22.8 Å². The van der Waals surface area contributed by atoms with Gasteiger partial charge in [-0.1, -0.05) is 11.3 Å². The first-order valence-corrected chi connectivity index (χ1v) is 5.62. The molecular weight excluding hydrogens is 230 g/mol. The number of aromatic nitrogens is 4. The normalized spacial score (nSPS) is 9.87. The van der Waals surface area contributed by atoms with Crippen molar-refractivity contribution in [3.8, 4) is 6.07 Å². The molecule has 0 N–H and O–H groups in total. The van der Waals surface area contributed by atoms with E-state index in [1.54, 1.807) is 6.07 Å². The minimum Gasteiger partial charge on any atom is -0.192 e. The minimum absolute atomic E-state index is 0.503. The summed E-state index contributed by atoms with van der Waals surface area (Å²) >= 11 is 2.77. The Bertz CT molecular complexity index is 516. The maximum absolute atomic E-state index is 8.84. The van der Waals surface area contributed by atoms with Crippen LogP contribution in [0.25, 0.3) is 0 Å². The lowest BCUT2D eigenvalue weighted by Crippen LogP contribution is -1.88. The van der Waals surface area contributed by atoms with Crippen molar-refractivity contribution < 1.29 is 0 Å². The lowest BCUT2D eigenvalue weighted by molar-refractivity contribution is 0.914. The van der Waals surface area contributed by atoms with Gasteiger partial charge in [0.05, 0.1) is 11.8 Å². The third-order valence-corrected chi connectivity index (χ3v) is 3.38. The van der Waals surface area contributed by atoms with Crippen LogP contribution in [0.2, 0.25) is 0 Å². The molecule has 0 aliphatic rings. The number of aryl methyl sites for hydroxylation is 1. The van der Waals surface area contributed by atoms with Crippen molar-refractivity contribution in [2.75, 3.05) is 0 Å². The Morgan fingerprint density at radius 2 is 2.27 bits per heavy atom. The molecule has 0 atom stereocenters. The van der Waals surface area contributed by atoms with Crippen LogP contribution in [0.5, 0.6) is 0 Å². The Morgan fingerprint density at radius 3 is 2.93 bits per heavy atom. The molecule has 2 heterocycles. The first kappa shape index (κ1) is 10.0. The molecule has 0 fully saturated rings. The Morgan fingerprint density at radius 1 is 1.40 bits per heavy atom. The van der Waals surface area contributed by atoms with Gasteiger partial charge in [-0.3, -0.25) is 0 Å². The smallest absolute Gasteiger partial charge is 0.180 e. The molecular formula is C8H5N5S2. The van der Waals surface area contributed by atoms with E-state index in [9.17, 15) is 0 Å². The van der Waals surface area contributed by atoms with E-state index in [0.29, 0.717) is 10.6 Å². The zero-order valence-corrected chi connectivity index (χ0v) is 9.34. The van der Waals surface area contributed by atoms with Gasteiger partial charge in [0.1, 0.15) is 16.1 Å². The molecule has 5 nitrogen and oxygen atoms in total. The molecule has 15 heavy (non-hydrogen) atoms. The third kappa shape index (κ3) is 2.29. The Balaban J connectivity index is 2.28. The second-order valence-corrected chi connectivity index (χ2v) is 4.97. The summed E-state index contributed by atoms with van der Waals surface area (Å²) in [6.45, 7) is 1.88. The lowest BCUT2D eigenvalue weighted by atomic mass is 10.3. The molecule has 2 rings (SSSR count). The largest absolute Gasteiger partial charge is 0.192 e. The van der Waals surface area contributed by atoms with E-state index in [1.165, 1.54) is 29.3 Å². The molecule has 0 saturated heterocycles. The second kappa shape index (κ2) is 4.33. The fraction of sp³-hybridized carbons (Fsp3) is 0.125. The van der Waals surface area contributed by atoms with E-state index in [-0.39, 0.29) is 0 Å². The summed E-state index contributed by atoms with van der Waals surface area (Å²) < 4.78 is 0.768. The van der Waals surface area contributed by atoms with Gasteiger partial charge >= 0.3 is 0 Å². The minimum atomic E-state index is 0.503. The van der Waals surface area contributed by atoms with Gasteiger partial charge in [-0.2, -0.15) is 10.4 Å². The second-order valence-electron chi connectivity index (χ2n) is 2.55. The monoisotopic (exact) mass is 235 g/mol. The lowest BCUT2D eigenvalue weighted by Gasteiger charge is -1.95. The van der Waals surface area contributed by atoms with E-state index in [0.717, 1.165) is 9.35 Å². The maximum atomic E-state index is 8.84. The average molecular weight is 235 g/mol. The number of nitrogens with zero attached hydrogens (tertiary/aromatic N) is 5. The van der Waals surface area contributed by atoms with E-state index < -0.39 is 0 Å². The molecule has 0 unspecified atom stereocenters. The molecule has 2 aromatic heterocycles. The van der Waals surface area contributed by atoms with Crippen molar-refractivity contribution >= 4 is 23.1 Å². The first-order chi connectivity index (χ1) is 7.29. The van der Waals surface area contributed by atoms with Crippen molar-refractivity contribution in [1.82, 2.24) is 20.4 Å². The highest BCUT2D eigenvalue weighted by molar-refractivity contribution is 8.01. The van der Waals surface area contributed by atoms with Gasteiger partial charge < -0.3 is 0 Å². The topological polar surface area (TPSA) is 75.3 Å². The fourth-order valence-corrected chi connectivity index (χ4v) is 2.62. The van der Waals surface area contributed by atoms with Crippen molar-refractivity contribution in [3.63, 3.8) is 0 Å². The van der Waals surface area contributed by atoms with Crippen LogP contribution in [-0.4, -0.2) is 20.4 Å². The molecule has 74 valence electrons. The van der Waals surface area contributed by atoms with Gasteiger partial charge in [0, 0.05) is 0 Å². The van der Waals surface area contributed by atoms with Gasteiger partial charge in [-0.05, 0) is 24.8 Å². The summed E-state index contributed by atoms with van der Waals surface area (Å²) in [7, 11) is 0. The Kier molecular flexibility index (Phi) is 2.89. The van der Waals surface area contributed by atoms with Crippen LogP contribution < -0.4 is 0 Å². The molecule has 0 saturated carbocycles. The van der Waals surface area contributed by atoms with Crippen LogP contribution in [0.15, 0.2) is 21.6 Å². The van der Waals surface area contributed by atoms with Gasteiger partial charge in [-0.25, -0.2) is 0 Å². The fourth-order valence-electron chi connectivity index (χ4n) is 0.882. The molecule has 0 bridgehead atoms. The highest BCUT2D eigenvalue weighted by Crippen LogP contribution is 2.29. The van der Waals surface area contributed by atoms with Crippen LogP contribution in [0, 0.1) is 18.3 Å². The molecule has 0 aliphatic heterocycles. The zero-order chi connectivity index (χ0) is 10.7. The molecule has 0 radical (unpaired) electrons. The van der Waals surface area contributed by atoms with Crippen molar-refractivity contribution in [2.45, 2.75) is 16.3 Å². The van der Waals surface area contributed by atoms with Crippen LogP contribution in [0.1, 0.15) is 10.6 Å². The average Bonchev–Trinajstić information content (AvgIpc) is 2.65. The van der Waals surface area contributed by atoms with Crippen LogP contribution in [0.4, 0.5) is 0 Å². The number of rotatable bonds is 2. The maximum Gasteiger partial charge on any atom is 0.180 e. The van der Waals surface area contributed by atoms with E-state index in [4.69, 9.17) is 5.26 Å². The highest BCUT2D eigenvalue weighted by atomic mass is 32.2. The molecule has 7 heteroatoms. The molecule has 2 aromatic rings. The molecule has 0 aliphatic carbocycles. The van der Waals surface area contributed by atoms with Gasteiger partial charge in [0.15, 0.2) is 4.34 Å². The van der Waals surface area contributed by atoms with Crippen molar-refractivity contribution in [1.29, 1.82) is 5.26 Å². The summed E-state index contributed by atoms with van der Waals surface area (Å²) in [5.74, 6) is 0. The predicted molar refractivity (Wildman–Crippen MR) is 55.5 cm³/mol. The summed E-state index contributed by atoms with van der Waals surface area (Å²) in [5, 5.41) is 25.7. The predicted octanol–water partition coefficient (Wildman–Crippen LogP) is 1.66. The zero-order valence-electron chi connectivity index (χ0n) is 7.71. The highest BCUT2D eigenvalue weighted by Gasteiger charge is 2.09. The third-order valence-electron chi connectivity index (χ3n) is 1.50. The van der Waals surface area contributed by atoms with E-state index in [1.807, 2.05) is 6.92 Å². The van der Waals surface area contributed by atoms with Gasteiger partial charge in [0.2, 0.25) is 0 Å². The standard InChI is InChI=1S/C8H5N5S2/c1-5-11-13-8(14-5)15-7-6(4-9)2-3-10-12-7/h2-3H,1H3.